The van der Waals surface area contributed by atoms with Crippen LogP contribution in [0.2, 0.25) is 0 Å². The van der Waals surface area contributed by atoms with E-state index in [9.17, 15) is 9.59 Å². The molecule has 0 aliphatic heterocycles. The number of ether oxygens (including phenoxy) is 1. The molecular weight excluding hydrogens is 264 g/mol. The van der Waals surface area contributed by atoms with Crippen molar-refractivity contribution in [3.8, 4) is 0 Å². The smallest absolute Gasteiger partial charge is 0.306 e. The largest absolute Gasteiger partial charge is 0.466 e. The van der Waals surface area contributed by atoms with E-state index in [1.807, 2.05) is 19.1 Å². The zero-order valence-corrected chi connectivity index (χ0v) is 13.5. The summed E-state index contributed by atoms with van der Waals surface area (Å²) in [6.07, 6.45) is 1.46. The number of rotatable bonds is 8. The Morgan fingerprint density at radius 2 is 1.67 bits per heavy atom. The van der Waals surface area contributed by atoms with Gasteiger partial charge in [-0.1, -0.05) is 45.0 Å². The average Bonchev–Trinajstić information content (AvgIpc) is 2.44. The van der Waals surface area contributed by atoms with E-state index in [-0.39, 0.29) is 30.5 Å². The molecule has 0 unspecified atom stereocenters. The van der Waals surface area contributed by atoms with Gasteiger partial charge in [0.05, 0.1) is 13.0 Å². The molecule has 3 heteroatoms. The van der Waals surface area contributed by atoms with Crippen molar-refractivity contribution in [3.05, 3.63) is 35.4 Å². The molecule has 116 valence electrons. The average molecular weight is 290 g/mol. The molecule has 0 bridgehead atoms. The van der Waals surface area contributed by atoms with Gasteiger partial charge in [0.15, 0.2) is 0 Å². The minimum absolute atomic E-state index is 0.0830. The predicted octanol–water partition coefficient (Wildman–Crippen LogP) is 3.90. The number of hydrogen-bond acceptors (Lipinski definition) is 3. The number of esters is 1. The summed E-state index contributed by atoms with van der Waals surface area (Å²) >= 11 is 0. The minimum Gasteiger partial charge on any atom is -0.466 e. The summed E-state index contributed by atoms with van der Waals surface area (Å²) in [7, 11) is 0. The van der Waals surface area contributed by atoms with Crippen LogP contribution in [-0.4, -0.2) is 18.4 Å². The van der Waals surface area contributed by atoms with Crippen molar-refractivity contribution in [1.29, 1.82) is 0 Å². The number of carbonyl (C=O) groups excluding carboxylic acids is 2. The Morgan fingerprint density at radius 1 is 1.05 bits per heavy atom. The van der Waals surface area contributed by atoms with Gasteiger partial charge in [-0.25, -0.2) is 0 Å². The summed E-state index contributed by atoms with van der Waals surface area (Å²) in [4.78, 5) is 23.4. The van der Waals surface area contributed by atoms with Gasteiger partial charge >= 0.3 is 5.97 Å². The van der Waals surface area contributed by atoms with E-state index in [0.29, 0.717) is 12.5 Å². The summed E-state index contributed by atoms with van der Waals surface area (Å²) in [6, 6.07) is 8.21. The van der Waals surface area contributed by atoms with Gasteiger partial charge in [0.1, 0.15) is 5.78 Å². The fourth-order valence-corrected chi connectivity index (χ4v) is 2.27. The van der Waals surface area contributed by atoms with Crippen molar-refractivity contribution in [2.75, 3.05) is 6.61 Å². The molecule has 21 heavy (non-hydrogen) atoms. The van der Waals surface area contributed by atoms with Crippen molar-refractivity contribution in [1.82, 2.24) is 0 Å². The number of carbonyl (C=O) groups is 2. The zero-order valence-electron chi connectivity index (χ0n) is 13.5. The molecule has 1 aromatic rings. The summed E-state index contributed by atoms with van der Waals surface area (Å²) in [6.45, 7) is 8.40. The van der Waals surface area contributed by atoms with Crippen LogP contribution >= 0.6 is 0 Å². The second-order valence-electron chi connectivity index (χ2n) is 5.83. The Bertz CT molecular complexity index is 460. The summed E-state index contributed by atoms with van der Waals surface area (Å²) in [5, 5.41) is 0. The highest BCUT2D eigenvalue weighted by Gasteiger charge is 2.16. The fraction of sp³-hybridized carbons (Fsp3) is 0.556. The van der Waals surface area contributed by atoms with Gasteiger partial charge < -0.3 is 4.74 Å². The number of ketones is 1. The molecule has 0 radical (unpaired) electrons. The van der Waals surface area contributed by atoms with Gasteiger partial charge in [-0.3, -0.25) is 9.59 Å². The molecule has 0 saturated heterocycles. The van der Waals surface area contributed by atoms with E-state index in [4.69, 9.17) is 4.74 Å². The van der Waals surface area contributed by atoms with Crippen LogP contribution in [0.1, 0.15) is 57.6 Å². The maximum atomic E-state index is 12.1. The van der Waals surface area contributed by atoms with Gasteiger partial charge in [0, 0.05) is 12.3 Å². The van der Waals surface area contributed by atoms with E-state index in [1.54, 1.807) is 6.92 Å². The fourth-order valence-electron chi connectivity index (χ4n) is 2.27. The van der Waals surface area contributed by atoms with Crippen molar-refractivity contribution in [3.63, 3.8) is 0 Å². The highest BCUT2D eigenvalue weighted by Crippen LogP contribution is 2.20. The van der Waals surface area contributed by atoms with Gasteiger partial charge in [0.25, 0.3) is 0 Å². The number of hydrogen-bond donors (Lipinski definition) is 0. The maximum Gasteiger partial charge on any atom is 0.306 e. The second kappa shape index (κ2) is 8.60. The minimum atomic E-state index is -0.301. The Hall–Kier alpha value is -1.64. The van der Waals surface area contributed by atoms with Crippen molar-refractivity contribution >= 4 is 11.8 Å². The molecule has 1 rings (SSSR count). The van der Waals surface area contributed by atoms with Gasteiger partial charge in [-0.15, -0.1) is 0 Å². The molecule has 0 aliphatic rings. The first-order chi connectivity index (χ1) is 9.93. The molecule has 0 N–H and O–H groups in total. The zero-order chi connectivity index (χ0) is 15.8. The number of Topliss-reactive ketones (excluding diaryl/α,β-unsaturated/α-hetero) is 1. The quantitative estimate of drug-likeness (QED) is 0.682. The Balaban J connectivity index is 2.55. The maximum absolute atomic E-state index is 12.1. The van der Waals surface area contributed by atoms with E-state index in [2.05, 4.69) is 26.0 Å². The highest BCUT2D eigenvalue weighted by atomic mass is 16.5. The normalized spacial score (nSPS) is 12.2. The van der Waals surface area contributed by atoms with Crippen LogP contribution in [0.4, 0.5) is 0 Å². The molecule has 3 nitrogen and oxygen atoms in total. The van der Waals surface area contributed by atoms with E-state index >= 15 is 0 Å². The summed E-state index contributed by atoms with van der Waals surface area (Å²) in [5.74, 6) is 0.233. The lowest BCUT2D eigenvalue weighted by molar-refractivity contribution is -0.144. The predicted molar refractivity (Wildman–Crippen MR) is 84.3 cm³/mol. The Morgan fingerprint density at radius 3 is 2.19 bits per heavy atom. The molecule has 1 aromatic carbocycles. The monoisotopic (exact) mass is 290 g/mol. The van der Waals surface area contributed by atoms with Crippen molar-refractivity contribution in [2.45, 2.75) is 52.9 Å². The first-order valence-corrected chi connectivity index (χ1v) is 7.71. The van der Waals surface area contributed by atoms with Crippen LogP contribution in [-0.2, 0) is 20.7 Å². The SMILES string of the molecule is CCOC(=O)CCC(=O)[C@@H](C)c1ccc(CC(C)C)cc1. The van der Waals surface area contributed by atoms with Crippen molar-refractivity contribution in [2.24, 2.45) is 5.92 Å². The van der Waals surface area contributed by atoms with Crippen LogP contribution in [0.3, 0.4) is 0 Å². The first kappa shape index (κ1) is 17.4. The van der Waals surface area contributed by atoms with Crippen LogP contribution in [0, 0.1) is 5.92 Å². The second-order valence-corrected chi connectivity index (χ2v) is 5.83. The molecule has 0 spiro atoms. The summed E-state index contributed by atoms with van der Waals surface area (Å²) in [5.41, 5.74) is 2.30. The molecule has 0 heterocycles. The standard InChI is InChI=1S/C18H26O3/c1-5-21-18(20)11-10-17(19)14(4)16-8-6-15(7-9-16)12-13(2)3/h6-9,13-14H,5,10-12H2,1-4H3/t14-/m0/s1. The van der Waals surface area contributed by atoms with Crippen molar-refractivity contribution < 1.29 is 14.3 Å². The van der Waals surface area contributed by atoms with E-state index in [0.717, 1.165) is 12.0 Å². The van der Waals surface area contributed by atoms with E-state index < -0.39 is 0 Å². The number of benzene rings is 1. The van der Waals surface area contributed by atoms with Gasteiger partial charge in [0.2, 0.25) is 0 Å². The molecule has 0 aliphatic carbocycles. The lowest BCUT2D eigenvalue weighted by atomic mass is 9.92. The lowest BCUT2D eigenvalue weighted by Crippen LogP contribution is -2.13. The third kappa shape index (κ3) is 6.11. The van der Waals surface area contributed by atoms with Crippen LogP contribution in [0.25, 0.3) is 0 Å². The Kier molecular flexibility index (Phi) is 7.13. The first-order valence-electron chi connectivity index (χ1n) is 7.71. The van der Waals surface area contributed by atoms with Crippen LogP contribution in [0.5, 0.6) is 0 Å². The molecule has 0 aromatic heterocycles. The summed E-state index contributed by atoms with van der Waals surface area (Å²) < 4.78 is 4.84. The third-order valence-corrected chi connectivity index (χ3v) is 3.49. The van der Waals surface area contributed by atoms with Crippen LogP contribution in [0.15, 0.2) is 24.3 Å². The van der Waals surface area contributed by atoms with E-state index in [1.165, 1.54) is 5.56 Å². The molecule has 0 fully saturated rings. The highest BCUT2D eigenvalue weighted by molar-refractivity contribution is 5.88. The molecule has 0 amide bonds. The lowest BCUT2D eigenvalue weighted by Gasteiger charge is -2.12. The third-order valence-electron chi connectivity index (χ3n) is 3.49. The van der Waals surface area contributed by atoms with Crippen LogP contribution < -0.4 is 0 Å². The molecule has 1 atom stereocenters. The van der Waals surface area contributed by atoms with Gasteiger partial charge in [-0.2, -0.15) is 0 Å². The van der Waals surface area contributed by atoms with Gasteiger partial charge in [-0.05, 0) is 30.4 Å². The topological polar surface area (TPSA) is 43.4 Å². The molecule has 0 saturated carbocycles. The molecular formula is C18H26O3. The Labute approximate surface area is 127 Å².